The second-order valence-electron chi connectivity index (χ2n) is 43.1. The number of phenols is 2. The number of amides is 4. The third-order valence-electron chi connectivity index (χ3n) is 33.9. The molecule has 4 amide bonds. The Morgan fingerprint density at radius 2 is 0.541 bits per heavy atom. The van der Waals surface area contributed by atoms with Gasteiger partial charge in [0.1, 0.15) is 23.0 Å². The van der Waals surface area contributed by atoms with E-state index in [2.05, 4.69) is 192 Å². The van der Waals surface area contributed by atoms with Crippen molar-refractivity contribution in [3.05, 3.63) is 312 Å². The van der Waals surface area contributed by atoms with Crippen molar-refractivity contribution >= 4 is 23.6 Å². The van der Waals surface area contributed by atoms with Crippen LogP contribution in [0.2, 0.25) is 0 Å². The van der Waals surface area contributed by atoms with Crippen molar-refractivity contribution in [3.63, 3.8) is 0 Å². The summed E-state index contributed by atoms with van der Waals surface area (Å²) in [6.07, 6.45) is 45.5. The maximum absolute atomic E-state index is 13.2. The third-order valence-corrected chi connectivity index (χ3v) is 33.9. The number of fused-ring (bicyclic) bond motifs is 8. The molecular formula is C128H180N12O8. The highest BCUT2D eigenvalue weighted by atomic mass is 16.5. The second-order valence-corrected chi connectivity index (χ2v) is 43.1. The fraction of sp³-hybridized carbons (Fsp3) is 0.531. The maximum atomic E-state index is 13.2. The summed E-state index contributed by atoms with van der Waals surface area (Å²) in [4.78, 5) is 79.6. The number of ether oxygens (including phenoxy) is 2. The topological polar surface area (TPSA) is 175 Å². The summed E-state index contributed by atoms with van der Waals surface area (Å²) in [5.41, 5.74) is 12.6. The molecule has 12 aliphatic rings. The summed E-state index contributed by atoms with van der Waals surface area (Å²) in [5.74, 6) is 2.89. The van der Waals surface area contributed by atoms with Crippen molar-refractivity contribution in [3.8, 4) is 23.0 Å². The first kappa shape index (κ1) is 115. The van der Waals surface area contributed by atoms with E-state index in [-0.39, 0.29) is 77.5 Å². The number of carbonyl (C=O) groups is 4. The standard InChI is InChI=1S/C32H43N3O2.2C31H41N3O2.C30H39N3O2.4CH4/c1-3-19-35-28-11-9-12-29(35)24-34(22-18-28)31(27-10-8-13-30(23-27)37-2)25-14-16-26(17-15-25)32(36)33-20-6-4-5-7-21-33;1-3-19-34-27-11-7-12-28(34)22-33(20-18-27)30(25-8-6-13-29(21-25)36-2)23-14-16-24(17-15-23)31(35)32-26-9-4-5-10-26;1-2-18-34-27-10-8-11-28(34)23-33(21-17-27)30(26-9-7-12-29(35)22-26)24-13-15-25(16-14-24)31(36)32-19-5-3-4-6-20-32;1-2-17-33-26-9-7-10-27(33)22-32(20-16-26)29(25-8-6-11-28(34)21-25)23-12-14-24(15-13-23)30(35)31-18-4-3-5-19-31;;;;/h3,8,10,13-17,23,28-29,31H,1,4-7,9,11-12,18-22,24H2,2H3;3,6,8,13-17,21,26-28,30H,1,4-5,7,9-12,18-20,22H2,2H3,(H,32,35);2,7,9,12-16,22,27-28,30,35H,1,3-6,8,10-11,17-21,23H2;2,6,8,11-15,21,26-27,29,34H,1,3-5,7,9-10,16-20,22H2;4*1H4. The van der Waals surface area contributed by atoms with Crippen molar-refractivity contribution in [2.45, 2.75) is 307 Å². The second kappa shape index (κ2) is 57.1. The molecule has 3 N–H and O–H groups in total. The number of carbonyl (C=O) groups excluding carboxylic acids is 4. The van der Waals surface area contributed by atoms with Gasteiger partial charge in [0, 0.05) is 194 Å². The van der Waals surface area contributed by atoms with Crippen LogP contribution >= 0.6 is 0 Å². The Labute approximate surface area is 890 Å². The Kier molecular flexibility index (Phi) is 44.2. The molecule has 20 heteroatoms. The average Bonchev–Trinajstić information content (AvgIpc) is 1.62. The molecule has 800 valence electrons. The van der Waals surface area contributed by atoms with Crippen LogP contribution < -0.4 is 14.8 Å². The van der Waals surface area contributed by atoms with Crippen LogP contribution in [0.15, 0.2) is 245 Å². The highest BCUT2D eigenvalue weighted by Gasteiger charge is 2.43. The molecule has 11 saturated heterocycles. The number of benzene rings is 8. The summed E-state index contributed by atoms with van der Waals surface area (Å²) >= 11 is 0. The van der Waals surface area contributed by atoms with E-state index in [1.165, 1.54) is 168 Å². The van der Waals surface area contributed by atoms with E-state index in [1.807, 2.05) is 99.6 Å². The van der Waals surface area contributed by atoms with Gasteiger partial charge in [0.2, 0.25) is 0 Å². The molecule has 148 heavy (non-hydrogen) atoms. The summed E-state index contributed by atoms with van der Waals surface area (Å²) < 4.78 is 11.2. The van der Waals surface area contributed by atoms with E-state index >= 15 is 0 Å². The number of rotatable bonds is 27. The van der Waals surface area contributed by atoms with Gasteiger partial charge < -0.3 is 39.7 Å². The van der Waals surface area contributed by atoms with Crippen LogP contribution in [0.5, 0.6) is 23.0 Å². The predicted octanol–water partition coefficient (Wildman–Crippen LogP) is 24.9. The predicted molar refractivity (Wildman–Crippen MR) is 609 cm³/mol. The van der Waals surface area contributed by atoms with Crippen LogP contribution in [0.4, 0.5) is 0 Å². The first-order valence-corrected chi connectivity index (χ1v) is 55.5. The molecule has 20 nitrogen and oxygen atoms in total. The molecular weight excluding hydrogens is 1830 g/mol. The Morgan fingerprint density at radius 1 is 0.291 bits per heavy atom. The zero-order valence-corrected chi connectivity index (χ0v) is 86.5. The quantitative estimate of drug-likeness (QED) is 0.0414. The van der Waals surface area contributed by atoms with Crippen molar-refractivity contribution < 1.29 is 38.9 Å². The van der Waals surface area contributed by atoms with Gasteiger partial charge in [-0.2, -0.15) is 0 Å². The van der Waals surface area contributed by atoms with E-state index in [1.54, 1.807) is 26.4 Å². The average molecular weight is 2010 g/mol. The van der Waals surface area contributed by atoms with E-state index in [0.29, 0.717) is 65.9 Å². The molecule has 8 aromatic rings. The fourth-order valence-electron chi connectivity index (χ4n) is 26.6. The molecule has 20 rings (SSSR count). The summed E-state index contributed by atoms with van der Waals surface area (Å²) in [7, 11) is 3.47. The van der Waals surface area contributed by atoms with Crippen molar-refractivity contribution in [1.82, 2.24) is 59.2 Å². The highest BCUT2D eigenvalue weighted by Crippen LogP contribution is 2.44. The van der Waals surface area contributed by atoms with Gasteiger partial charge in [-0.1, -0.05) is 215 Å². The van der Waals surface area contributed by atoms with E-state index < -0.39 is 0 Å². The minimum absolute atomic E-state index is 0. The SMILES string of the molecule is C.C.C.C.C=CCN1C2CCCC1CN(C(c1ccc(C(=O)N3CCCCC3)cc1)c1cccc(O)c1)CC2.C=CCN1C2CCCC1CN(C(c1ccc(C(=O)N3CCCCCC3)cc1)c1cccc(O)c1)CC2.C=CCN1C2CCCC1CN(C(c1ccc(C(=O)N3CCCCCC3)cc1)c1cccc(OC)c1)CC2.C=CCN1C2CCCC1CN(C(c1ccc(C(=O)NC3CCCC3)cc1)c1cccc(OC)c1)CC2. The number of hydrogen-bond donors (Lipinski definition) is 3. The van der Waals surface area contributed by atoms with E-state index in [4.69, 9.17) is 9.47 Å². The fourth-order valence-corrected chi connectivity index (χ4v) is 26.6. The first-order chi connectivity index (χ1) is 70.6. The minimum Gasteiger partial charge on any atom is -0.508 e. The van der Waals surface area contributed by atoms with Crippen LogP contribution in [-0.2, 0) is 0 Å². The number of methoxy groups -OCH3 is 2. The maximum Gasteiger partial charge on any atom is 0.253 e. The molecule has 0 radical (unpaired) electrons. The van der Waals surface area contributed by atoms with Crippen LogP contribution in [0.1, 0.15) is 339 Å². The largest absolute Gasteiger partial charge is 0.508 e. The molecule has 8 aromatic carbocycles. The third kappa shape index (κ3) is 29.0. The summed E-state index contributed by atoms with van der Waals surface area (Å²) in [6.45, 7) is 33.4. The molecule has 8 bridgehead atoms. The van der Waals surface area contributed by atoms with E-state index in [9.17, 15) is 29.4 Å². The molecule has 12 fully saturated rings. The molecule has 1 aliphatic carbocycles. The van der Waals surface area contributed by atoms with Crippen molar-refractivity contribution in [2.24, 2.45) is 0 Å². The molecule has 11 aliphatic heterocycles. The number of aromatic hydroxyl groups is 2. The first-order valence-electron chi connectivity index (χ1n) is 55.5. The Bertz CT molecular complexity index is 5450. The van der Waals surface area contributed by atoms with Crippen molar-refractivity contribution in [2.75, 3.05) is 132 Å². The lowest BCUT2D eigenvalue weighted by molar-refractivity contribution is 0.0721. The monoisotopic (exact) mass is 2010 g/mol. The lowest BCUT2D eigenvalue weighted by Crippen LogP contribution is -2.48. The van der Waals surface area contributed by atoms with Gasteiger partial charge in [-0.05, 0) is 276 Å². The van der Waals surface area contributed by atoms with Gasteiger partial charge in [-0.15, -0.1) is 26.3 Å². The zero-order valence-electron chi connectivity index (χ0n) is 86.5. The lowest BCUT2D eigenvalue weighted by atomic mass is 9.94. The normalized spacial score (nSPS) is 23.6. The van der Waals surface area contributed by atoms with Gasteiger partial charge >= 0.3 is 0 Å². The molecule has 0 aromatic heterocycles. The number of nitrogens with one attached hydrogen (secondary N) is 1. The lowest BCUT2D eigenvalue weighted by Gasteiger charge is -2.41. The van der Waals surface area contributed by atoms with Crippen LogP contribution in [-0.4, -0.2) is 274 Å². The molecule has 0 spiro atoms. The minimum atomic E-state index is 0. The summed E-state index contributed by atoms with van der Waals surface area (Å²) in [6, 6.07) is 71.1. The molecule has 1 saturated carbocycles. The number of likely N-dealkylation sites (tertiary alicyclic amines) is 3. The van der Waals surface area contributed by atoms with Gasteiger partial charge in [0.05, 0.1) is 38.4 Å². The van der Waals surface area contributed by atoms with Gasteiger partial charge in [-0.3, -0.25) is 58.4 Å². The number of hydrogen-bond acceptors (Lipinski definition) is 16. The van der Waals surface area contributed by atoms with Crippen LogP contribution in [0.3, 0.4) is 0 Å². The molecule has 12 unspecified atom stereocenters. The smallest absolute Gasteiger partial charge is 0.253 e. The molecule has 11 heterocycles. The summed E-state index contributed by atoms with van der Waals surface area (Å²) in [5, 5.41) is 23.8. The van der Waals surface area contributed by atoms with Gasteiger partial charge in [-0.25, -0.2) is 0 Å². The Morgan fingerprint density at radius 3 is 0.804 bits per heavy atom. The van der Waals surface area contributed by atoms with Crippen molar-refractivity contribution in [1.29, 1.82) is 0 Å². The zero-order chi connectivity index (χ0) is 99.6. The van der Waals surface area contributed by atoms with E-state index in [0.717, 1.165) is 227 Å². The highest BCUT2D eigenvalue weighted by molar-refractivity contribution is 5.96. The van der Waals surface area contributed by atoms with Gasteiger partial charge in [0.25, 0.3) is 23.6 Å². The van der Waals surface area contributed by atoms with Gasteiger partial charge in [0.15, 0.2) is 0 Å². The molecule has 12 atom stereocenters. The van der Waals surface area contributed by atoms with Crippen LogP contribution in [0.25, 0.3) is 0 Å². The number of nitrogens with zero attached hydrogens (tertiary/aromatic N) is 11. The number of piperidine rings is 5. The Balaban J connectivity index is 0.000000163. The van der Waals surface area contributed by atoms with Crippen LogP contribution in [0, 0.1) is 0 Å². The number of phenolic OH excluding ortho intramolecular Hbond substituents is 2. The Hall–Kier alpha value is -10.5.